The van der Waals surface area contributed by atoms with Crippen molar-refractivity contribution in [1.29, 1.82) is 0 Å². The van der Waals surface area contributed by atoms with E-state index in [0.29, 0.717) is 0 Å². The Bertz CT molecular complexity index is 777. The van der Waals surface area contributed by atoms with Crippen LogP contribution in [0.4, 0.5) is 23.2 Å². The van der Waals surface area contributed by atoms with Gasteiger partial charge in [-0.3, -0.25) is 4.72 Å². The number of pyridine rings is 1. The molecule has 0 radical (unpaired) electrons. The molecule has 0 aliphatic carbocycles. The average Bonchev–Trinajstić information content (AvgIpc) is 2.45. The number of nitrogens with zero attached hydrogens (tertiary/aromatic N) is 1. The minimum Gasteiger partial charge on any atom is -0.468 e. The highest BCUT2D eigenvalue weighted by Crippen LogP contribution is 2.21. The summed E-state index contributed by atoms with van der Waals surface area (Å²) >= 11 is 0. The van der Waals surface area contributed by atoms with E-state index in [4.69, 9.17) is 0 Å². The van der Waals surface area contributed by atoms with Crippen molar-refractivity contribution in [3.63, 3.8) is 0 Å². The first-order valence-corrected chi connectivity index (χ1v) is 7.59. The van der Waals surface area contributed by atoms with Crippen molar-refractivity contribution in [2.45, 2.75) is 11.1 Å². The van der Waals surface area contributed by atoms with Crippen LogP contribution in [0.5, 0.6) is 5.88 Å². The third-order valence-electron chi connectivity index (χ3n) is 2.50. The number of rotatable bonds is 5. The standard InChI is InChI=1S/C13H10F4N2O3S/c14-10-3-1-2-4-11(10)23(20,21)19-9-5-6-12(18-7-9)22-8-13(15,16)17/h1-7,19H,8H2. The van der Waals surface area contributed by atoms with Crippen molar-refractivity contribution in [1.82, 2.24) is 4.98 Å². The maximum atomic E-state index is 13.5. The van der Waals surface area contributed by atoms with Gasteiger partial charge in [0.1, 0.15) is 10.7 Å². The van der Waals surface area contributed by atoms with Gasteiger partial charge in [-0.15, -0.1) is 0 Å². The maximum Gasteiger partial charge on any atom is 0.422 e. The van der Waals surface area contributed by atoms with Crippen LogP contribution in [-0.2, 0) is 10.0 Å². The minimum absolute atomic E-state index is 0.0485. The van der Waals surface area contributed by atoms with Crippen LogP contribution in [0.1, 0.15) is 0 Å². The van der Waals surface area contributed by atoms with Gasteiger partial charge in [0.15, 0.2) is 6.61 Å². The molecule has 0 spiro atoms. The number of ether oxygens (including phenoxy) is 1. The summed E-state index contributed by atoms with van der Waals surface area (Å²) in [7, 11) is -4.18. The molecular formula is C13H10F4N2O3S. The zero-order chi connectivity index (χ0) is 17.1. The lowest BCUT2D eigenvalue weighted by atomic mass is 10.4. The molecule has 0 bridgehead atoms. The van der Waals surface area contributed by atoms with E-state index in [1.54, 1.807) is 0 Å². The van der Waals surface area contributed by atoms with Gasteiger partial charge in [0.05, 0.1) is 11.9 Å². The first-order valence-electron chi connectivity index (χ1n) is 6.10. The van der Waals surface area contributed by atoms with Gasteiger partial charge in [0.25, 0.3) is 10.0 Å². The van der Waals surface area contributed by atoms with Gasteiger partial charge in [-0.1, -0.05) is 12.1 Å². The molecule has 0 amide bonds. The second-order valence-corrected chi connectivity index (χ2v) is 5.98. The van der Waals surface area contributed by atoms with Crippen molar-refractivity contribution in [2.24, 2.45) is 0 Å². The maximum absolute atomic E-state index is 13.5. The van der Waals surface area contributed by atoms with E-state index in [2.05, 4.69) is 14.4 Å². The lowest BCUT2D eigenvalue weighted by Gasteiger charge is -2.10. The molecular weight excluding hydrogens is 340 g/mol. The largest absolute Gasteiger partial charge is 0.468 e. The number of sulfonamides is 1. The van der Waals surface area contributed by atoms with Gasteiger partial charge < -0.3 is 4.74 Å². The monoisotopic (exact) mass is 350 g/mol. The summed E-state index contributed by atoms with van der Waals surface area (Å²) in [6.45, 7) is -1.51. The normalized spacial score (nSPS) is 12.0. The topological polar surface area (TPSA) is 68.3 Å². The van der Waals surface area contributed by atoms with Crippen LogP contribution >= 0.6 is 0 Å². The van der Waals surface area contributed by atoms with E-state index in [1.165, 1.54) is 12.1 Å². The summed E-state index contributed by atoms with van der Waals surface area (Å²) in [5, 5.41) is 0. The molecule has 5 nitrogen and oxygen atoms in total. The summed E-state index contributed by atoms with van der Waals surface area (Å²) in [5.41, 5.74) is -0.0485. The van der Waals surface area contributed by atoms with Crippen molar-refractivity contribution in [3.8, 4) is 5.88 Å². The Morgan fingerprint density at radius 2 is 1.83 bits per heavy atom. The van der Waals surface area contributed by atoms with Crippen LogP contribution in [0, 0.1) is 5.82 Å². The van der Waals surface area contributed by atoms with Crippen molar-refractivity contribution < 1.29 is 30.7 Å². The van der Waals surface area contributed by atoms with E-state index in [-0.39, 0.29) is 11.6 Å². The van der Waals surface area contributed by atoms with Crippen LogP contribution in [0.2, 0.25) is 0 Å². The second kappa shape index (κ2) is 6.41. The number of aromatic nitrogens is 1. The summed E-state index contributed by atoms with van der Waals surface area (Å²) in [5.74, 6) is -1.26. The smallest absolute Gasteiger partial charge is 0.422 e. The highest BCUT2D eigenvalue weighted by atomic mass is 32.2. The Morgan fingerprint density at radius 3 is 2.39 bits per heavy atom. The van der Waals surface area contributed by atoms with Gasteiger partial charge in [-0.05, 0) is 18.2 Å². The fourth-order valence-corrected chi connectivity index (χ4v) is 2.68. The SMILES string of the molecule is O=S(=O)(Nc1ccc(OCC(F)(F)F)nc1)c1ccccc1F. The first kappa shape index (κ1) is 17.0. The molecule has 0 atom stereocenters. The van der Waals surface area contributed by atoms with Gasteiger partial charge in [-0.2, -0.15) is 13.2 Å². The number of halogens is 4. The van der Waals surface area contributed by atoms with Crippen LogP contribution in [0.3, 0.4) is 0 Å². The predicted molar refractivity (Wildman–Crippen MR) is 73.0 cm³/mol. The van der Waals surface area contributed by atoms with E-state index < -0.39 is 33.5 Å². The lowest BCUT2D eigenvalue weighted by molar-refractivity contribution is -0.154. The quantitative estimate of drug-likeness (QED) is 0.842. The molecule has 1 aromatic heterocycles. The lowest BCUT2D eigenvalue weighted by Crippen LogP contribution is -2.19. The Balaban J connectivity index is 2.10. The molecule has 0 aliphatic rings. The number of nitrogens with one attached hydrogen (secondary N) is 1. The molecule has 1 N–H and O–H groups in total. The van der Waals surface area contributed by atoms with Crippen LogP contribution in [0.25, 0.3) is 0 Å². The van der Waals surface area contributed by atoms with Gasteiger partial charge in [-0.25, -0.2) is 17.8 Å². The van der Waals surface area contributed by atoms with Gasteiger partial charge in [0, 0.05) is 6.07 Å². The van der Waals surface area contributed by atoms with Crippen LogP contribution in [-0.4, -0.2) is 26.2 Å². The molecule has 10 heteroatoms. The minimum atomic E-state index is -4.51. The molecule has 2 rings (SSSR count). The van der Waals surface area contributed by atoms with Crippen molar-refractivity contribution >= 4 is 15.7 Å². The van der Waals surface area contributed by atoms with Crippen LogP contribution in [0.15, 0.2) is 47.5 Å². The molecule has 0 saturated heterocycles. The predicted octanol–water partition coefficient (Wildman–Crippen LogP) is 2.96. The molecule has 23 heavy (non-hydrogen) atoms. The fourth-order valence-electron chi connectivity index (χ4n) is 1.55. The molecule has 1 aromatic carbocycles. The number of benzene rings is 1. The van der Waals surface area contributed by atoms with E-state index >= 15 is 0 Å². The van der Waals surface area contributed by atoms with Gasteiger partial charge in [0.2, 0.25) is 5.88 Å². The Morgan fingerprint density at radius 1 is 1.13 bits per heavy atom. The third-order valence-corrected chi connectivity index (χ3v) is 3.91. The molecule has 124 valence electrons. The molecule has 0 unspecified atom stereocenters. The van der Waals surface area contributed by atoms with E-state index in [9.17, 15) is 26.0 Å². The summed E-state index contributed by atoms with van der Waals surface area (Å²) in [6, 6.07) is 6.96. The van der Waals surface area contributed by atoms with Crippen LogP contribution < -0.4 is 9.46 Å². The Hall–Kier alpha value is -2.36. The highest BCUT2D eigenvalue weighted by molar-refractivity contribution is 7.92. The zero-order valence-corrected chi connectivity index (χ0v) is 12.2. The molecule has 1 heterocycles. The summed E-state index contributed by atoms with van der Waals surface area (Å²) in [6.07, 6.45) is -3.54. The summed E-state index contributed by atoms with van der Waals surface area (Å²) < 4.78 is 79.9. The molecule has 0 fully saturated rings. The first-order chi connectivity index (χ1) is 10.7. The number of hydrogen-bond acceptors (Lipinski definition) is 4. The van der Waals surface area contributed by atoms with Crippen molar-refractivity contribution in [2.75, 3.05) is 11.3 Å². The Labute approximate surface area is 129 Å². The van der Waals surface area contributed by atoms with Crippen molar-refractivity contribution in [3.05, 3.63) is 48.4 Å². The molecule has 0 saturated carbocycles. The number of anilines is 1. The van der Waals surface area contributed by atoms with E-state index in [1.807, 2.05) is 0 Å². The number of hydrogen-bond donors (Lipinski definition) is 1. The highest BCUT2D eigenvalue weighted by Gasteiger charge is 2.28. The second-order valence-electron chi connectivity index (χ2n) is 4.32. The van der Waals surface area contributed by atoms with Gasteiger partial charge >= 0.3 is 6.18 Å². The Kier molecular flexibility index (Phi) is 4.73. The fraction of sp³-hybridized carbons (Fsp3) is 0.154. The zero-order valence-electron chi connectivity index (χ0n) is 11.3. The third kappa shape index (κ3) is 4.81. The van der Waals surface area contributed by atoms with E-state index in [0.717, 1.165) is 30.5 Å². The molecule has 0 aliphatic heterocycles. The summed E-state index contributed by atoms with van der Waals surface area (Å²) in [4.78, 5) is 2.98. The number of alkyl halides is 3. The molecule has 2 aromatic rings. The average molecular weight is 350 g/mol.